The first-order chi connectivity index (χ1) is 18.7. The standard InChI is InChI=1S/C27H27BrN6O4S/c1-27(2,3)38-26(35)32-17-10-8-16(9-11-17)12-13-34-23-21(22(29)30-15-31-23)33-25(34)39-20-14-36-24(37-20)18-6-4-5-7-19(18)28/h4-11,14-15,24H,12-13H2,1-3H3,(H,32,35)(H2,29,30,31). The van der Waals surface area contributed by atoms with Crippen molar-refractivity contribution in [2.24, 2.45) is 0 Å². The molecular weight excluding hydrogens is 584 g/mol. The zero-order valence-electron chi connectivity index (χ0n) is 21.6. The van der Waals surface area contributed by atoms with Crippen molar-refractivity contribution < 1.29 is 19.0 Å². The van der Waals surface area contributed by atoms with E-state index in [0.717, 1.165) is 15.6 Å². The summed E-state index contributed by atoms with van der Waals surface area (Å²) in [5, 5.41) is 3.97. The Kier molecular flexibility index (Phi) is 7.67. The van der Waals surface area contributed by atoms with E-state index in [0.29, 0.717) is 45.9 Å². The van der Waals surface area contributed by atoms with E-state index in [1.807, 2.05) is 73.9 Å². The topological polar surface area (TPSA) is 126 Å². The Morgan fingerprint density at radius 3 is 2.69 bits per heavy atom. The maximum absolute atomic E-state index is 12.0. The molecule has 0 fully saturated rings. The average molecular weight is 612 g/mol. The van der Waals surface area contributed by atoms with Crippen LogP contribution in [-0.4, -0.2) is 31.2 Å². The number of aromatic nitrogens is 4. The summed E-state index contributed by atoms with van der Waals surface area (Å²) < 4.78 is 20.0. The van der Waals surface area contributed by atoms with E-state index < -0.39 is 18.0 Å². The Labute approximate surface area is 238 Å². The van der Waals surface area contributed by atoms with E-state index in [-0.39, 0.29) is 0 Å². The Bertz CT molecular complexity index is 1530. The number of carbonyl (C=O) groups is 1. The van der Waals surface area contributed by atoms with Crippen molar-refractivity contribution >= 4 is 56.5 Å². The van der Waals surface area contributed by atoms with Gasteiger partial charge in [0.25, 0.3) is 6.29 Å². The maximum Gasteiger partial charge on any atom is 0.412 e. The molecule has 3 N–H and O–H groups in total. The molecule has 0 saturated carbocycles. The molecule has 2 aromatic heterocycles. The molecule has 0 radical (unpaired) electrons. The molecular formula is C27H27BrN6O4S. The van der Waals surface area contributed by atoms with Crippen LogP contribution in [0.3, 0.4) is 0 Å². The van der Waals surface area contributed by atoms with Gasteiger partial charge in [-0.2, -0.15) is 0 Å². The molecule has 0 aliphatic carbocycles. The Morgan fingerprint density at radius 2 is 1.95 bits per heavy atom. The van der Waals surface area contributed by atoms with E-state index >= 15 is 0 Å². The zero-order valence-corrected chi connectivity index (χ0v) is 24.0. The predicted octanol–water partition coefficient (Wildman–Crippen LogP) is 6.40. The molecule has 12 heteroatoms. The van der Waals surface area contributed by atoms with Gasteiger partial charge in [-0.1, -0.05) is 46.3 Å². The van der Waals surface area contributed by atoms with Crippen LogP contribution >= 0.6 is 27.7 Å². The highest BCUT2D eigenvalue weighted by atomic mass is 79.9. The molecule has 10 nitrogen and oxygen atoms in total. The van der Waals surface area contributed by atoms with Crippen LogP contribution in [0.5, 0.6) is 0 Å². The number of rotatable bonds is 7. The van der Waals surface area contributed by atoms with Gasteiger partial charge in [-0.15, -0.1) is 0 Å². The molecule has 2 aromatic carbocycles. The van der Waals surface area contributed by atoms with Gasteiger partial charge in [0, 0.05) is 22.3 Å². The number of hydrogen-bond acceptors (Lipinski definition) is 9. The SMILES string of the molecule is CC(C)(C)OC(=O)Nc1ccc(CCn2c(SC3=COC(c4ccccc4Br)O3)nc3c(N)ncnc32)cc1. The second kappa shape index (κ2) is 11.1. The zero-order chi connectivity index (χ0) is 27.6. The van der Waals surface area contributed by atoms with Gasteiger partial charge in [-0.05, 0) is 62.7 Å². The van der Waals surface area contributed by atoms with Gasteiger partial charge in [-0.25, -0.2) is 19.7 Å². The highest BCUT2D eigenvalue weighted by Crippen LogP contribution is 2.40. The number of nitrogens with two attached hydrogens (primary N) is 1. The number of benzene rings is 2. The fourth-order valence-corrected chi connectivity index (χ4v) is 5.17. The second-order valence-corrected chi connectivity index (χ2v) is 11.5. The molecule has 3 heterocycles. The normalized spacial score (nSPS) is 15.0. The van der Waals surface area contributed by atoms with Crippen LogP contribution in [0, 0.1) is 0 Å². The molecule has 0 bridgehead atoms. The van der Waals surface area contributed by atoms with Gasteiger partial charge in [0.15, 0.2) is 22.1 Å². The quantitative estimate of drug-likeness (QED) is 0.244. The van der Waals surface area contributed by atoms with Gasteiger partial charge < -0.3 is 24.5 Å². The maximum atomic E-state index is 12.0. The molecule has 5 rings (SSSR count). The molecule has 1 aliphatic rings. The van der Waals surface area contributed by atoms with Crippen molar-refractivity contribution in [2.45, 2.75) is 50.8 Å². The molecule has 1 unspecified atom stereocenters. The number of amides is 1. The highest BCUT2D eigenvalue weighted by molar-refractivity contribution is 9.10. The number of ether oxygens (including phenoxy) is 3. The number of aryl methyl sites for hydroxylation is 2. The summed E-state index contributed by atoms with van der Waals surface area (Å²) in [6, 6.07) is 15.4. The molecule has 4 aromatic rings. The fourth-order valence-electron chi connectivity index (χ4n) is 3.85. The largest absolute Gasteiger partial charge is 0.454 e. The molecule has 1 aliphatic heterocycles. The first-order valence-corrected chi connectivity index (χ1v) is 13.8. The first-order valence-electron chi connectivity index (χ1n) is 12.2. The third-order valence-corrected chi connectivity index (χ3v) is 7.22. The fraction of sp³-hybridized carbons (Fsp3) is 0.259. The van der Waals surface area contributed by atoms with Crippen molar-refractivity contribution in [1.82, 2.24) is 19.5 Å². The van der Waals surface area contributed by atoms with Crippen LogP contribution in [0.25, 0.3) is 11.2 Å². The van der Waals surface area contributed by atoms with Gasteiger partial charge >= 0.3 is 6.09 Å². The molecule has 1 atom stereocenters. The van der Waals surface area contributed by atoms with Crippen LogP contribution in [0.1, 0.15) is 38.2 Å². The Morgan fingerprint density at radius 1 is 1.18 bits per heavy atom. The number of nitrogens with one attached hydrogen (secondary N) is 1. The van der Waals surface area contributed by atoms with Crippen LogP contribution in [-0.2, 0) is 27.2 Å². The van der Waals surface area contributed by atoms with Gasteiger partial charge in [-0.3, -0.25) is 5.32 Å². The monoisotopic (exact) mass is 610 g/mol. The van der Waals surface area contributed by atoms with Crippen molar-refractivity contribution in [3.05, 3.63) is 81.8 Å². The minimum atomic E-state index is -0.564. The van der Waals surface area contributed by atoms with Gasteiger partial charge in [0.2, 0.25) is 5.09 Å². The highest BCUT2D eigenvalue weighted by Gasteiger charge is 2.26. The lowest BCUT2D eigenvalue weighted by molar-refractivity contribution is -0.0279. The lowest BCUT2D eigenvalue weighted by atomic mass is 10.1. The summed E-state index contributed by atoms with van der Waals surface area (Å²) in [4.78, 5) is 25.3. The first kappa shape index (κ1) is 26.8. The summed E-state index contributed by atoms with van der Waals surface area (Å²) in [6.45, 7) is 6.05. The molecule has 0 spiro atoms. The van der Waals surface area contributed by atoms with Gasteiger partial charge in [0.05, 0.1) is 0 Å². The van der Waals surface area contributed by atoms with E-state index in [1.165, 1.54) is 18.1 Å². The Balaban J connectivity index is 1.29. The number of hydrogen-bond donors (Lipinski definition) is 2. The molecule has 39 heavy (non-hydrogen) atoms. The third kappa shape index (κ3) is 6.45. The molecule has 1 amide bonds. The van der Waals surface area contributed by atoms with E-state index in [1.54, 1.807) is 6.26 Å². The molecule has 0 saturated heterocycles. The average Bonchev–Trinajstić information content (AvgIpc) is 3.48. The van der Waals surface area contributed by atoms with Crippen molar-refractivity contribution in [2.75, 3.05) is 11.1 Å². The van der Waals surface area contributed by atoms with Crippen molar-refractivity contribution in [3.8, 4) is 0 Å². The number of nitrogen functional groups attached to an aromatic ring is 1. The number of halogens is 1. The summed E-state index contributed by atoms with van der Waals surface area (Å²) in [5.41, 5.74) is 9.31. The number of imidazole rings is 1. The van der Waals surface area contributed by atoms with E-state index in [9.17, 15) is 4.79 Å². The summed E-state index contributed by atoms with van der Waals surface area (Å²) in [5.74, 6) is 0.307. The summed E-state index contributed by atoms with van der Waals surface area (Å²) in [7, 11) is 0. The number of thioether (sulfide) groups is 1. The lowest BCUT2D eigenvalue weighted by Crippen LogP contribution is -2.27. The number of nitrogens with zero attached hydrogens (tertiary/aromatic N) is 4. The van der Waals surface area contributed by atoms with Crippen LogP contribution in [0.2, 0.25) is 0 Å². The predicted molar refractivity (Wildman–Crippen MR) is 153 cm³/mol. The number of carbonyl (C=O) groups excluding carboxylic acids is 1. The smallest absolute Gasteiger partial charge is 0.412 e. The van der Waals surface area contributed by atoms with Crippen molar-refractivity contribution in [1.29, 1.82) is 0 Å². The van der Waals surface area contributed by atoms with Crippen LogP contribution < -0.4 is 11.1 Å². The third-order valence-electron chi connectivity index (χ3n) is 5.61. The van der Waals surface area contributed by atoms with Crippen LogP contribution in [0.15, 0.2) is 75.8 Å². The van der Waals surface area contributed by atoms with E-state index in [2.05, 4.69) is 31.2 Å². The summed E-state index contributed by atoms with van der Waals surface area (Å²) >= 11 is 4.87. The second-order valence-electron chi connectivity index (χ2n) is 9.70. The lowest BCUT2D eigenvalue weighted by Gasteiger charge is -2.19. The number of anilines is 2. The van der Waals surface area contributed by atoms with Crippen molar-refractivity contribution in [3.63, 3.8) is 0 Å². The van der Waals surface area contributed by atoms with E-state index in [4.69, 9.17) is 24.9 Å². The summed E-state index contributed by atoms with van der Waals surface area (Å²) in [6.07, 6.45) is 2.65. The number of fused-ring (bicyclic) bond motifs is 1. The van der Waals surface area contributed by atoms with Gasteiger partial charge in [0.1, 0.15) is 18.2 Å². The minimum absolute atomic E-state index is 0.307. The Hall–Kier alpha value is -3.77. The minimum Gasteiger partial charge on any atom is -0.454 e. The van der Waals surface area contributed by atoms with Crippen LogP contribution in [0.4, 0.5) is 16.3 Å². The molecule has 202 valence electrons.